The largest absolute Gasteiger partial charge is 0.477 e. The summed E-state index contributed by atoms with van der Waals surface area (Å²) in [6.07, 6.45) is 0. The highest BCUT2D eigenvalue weighted by Crippen LogP contribution is 2.28. The van der Waals surface area contributed by atoms with Gasteiger partial charge >= 0.3 is 5.97 Å². The minimum atomic E-state index is -1.22. The molecule has 0 amide bonds. The fraction of sp³-hybridized carbons (Fsp3) is 0.0833. The number of carboxylic acids is 1. The van der Waals surface area contributed by atoms with Crippen molar-refractivity contribution in [3.05, 3.63) is 47.4 Å². The Hall–Kier alpha value is -2.24. The van der Waals surface area contributed by atoms with Gasteiger partial charge in [0.1, 0.15) is 23.1 Å². The number of hydrogen-bond donors (Lipinski definition) is 1. The molecule has 1 N–H and O–H groups in total. The third-order valence-electron chi connectivity index (χ3n) is 2.60. The molecule has 0 atom stereocenters. The molecule has 3 nitrogen and oxygen atoms in total. The lowest BCUT2D eigenvalue weighted by Crippen LogP contribution is -2.06. The van der Waals surface area contributed by atoms with E-state index in [1.165, 1.54) is 19.2 Å². The molecule has 1 aromatic heterocycles. The number of nitrogens with zero attached hydrogens (tertiary/aromatic N) is 1. The molecule has 2 rings (SSSR count). The first kappa shape index (κ1) is 12.2. The lowest BCUT2D eigenvalue weighted by atomic mass is 10.1. The molecule has 0 bridgehead atoms. The molecular weight excluding hydrogens is 247 g/mol. The van der Waals surface area contributed by atoms with Crippen molar-refractivity contribution in [1.82, 2.24) is 4.57 Å². The highest BCUT2D eigenvalue weighted by molar-refractivity contribution is 5.87. The summed E-state index contributed by atoms with van der Waals surface area (Å²) < 4.78 is 41.0. The first-order valence-electron chi connectivity index (χ1n) is 4.95. The van der Waals surface area contributed by atoms with Gasteiger partial charge in [0.15, 0.2) is 0 Å². The average Bonchev–Trinajstić information content (AvgIpc) is 2.59. The Labute approximate surface area is 100 Å². The molecule has 1 aromatic carbocycles. The Morgan fingerprint density at radius 3 is 2.17 bits per heavy atom. The predicted octanol–water partition coefficient (Wildman–Crippen LogP) is 2.81. The van der Waals surface area contributed by atoms with Crippen LogP contribution in [0.15, 0.2) is 24.3 Å². The summed E-state index contributed by atoms with van der Waals surface area (Å²) in [5.41, 5.74) is -0.540. The number of aromatic carboxylic acids is 1. The predicted molar refractivity (Wildman–Crippen MR) is 57.7 cm³/mol. The first-order chi connectivity index (χ1) is 8.41. The van der Waals surface area contributed by atoms with Gasteiger partial charge in [-0.3, -0.25) is 0 Å². The molecule has 0 radical (unpaired) electrons. The zero-order valence-electron chi connectivity index (χ0n) is 9.25. The van der Waals surface area contributed by atoms with Crippen LogP contribution in [0.5, 0.6) is 0 Å². The molecule has 0 unspecified atom stereocenters. The maximum Gasteiger partial charge on any atom is 0.352 e. The molecule has 18 heavy (non-hydrogen) atoms. The number of rotatable bonds is 2. The Morgan fingerprint density at radius 1 is 1.17 bits per heavy atom. The fourth-order valence-corrected chi connectivity index (χ4v) is 1.76. The van der Waals surface area contributed by atoms with Crippen LogP contribution in [-0.4, -0.2) is 15.6 Å². The van der Waals surface area contributed by atoms with Crippen molar-refractivity contribution in [1.29, 1.82) is 0 Å². The van der Waals surface area contributed by atoms with E-state index in [1.54, 1.807) is 0 Å². The van der Waals surface area contributed by atoms with Crippen molar-refractivity contribution in [2.75, 3.05) is 0 Å². The van der Waals surface area contributed by atoms with E-state index in [9.17, 15) is 18.0 Å². The van der Waals surface area contributed by atoms with E-state index in [2.05, 4.69) is 0 Å². The molecule has 0 saturated heterocycles. The first-order valence-corrected chi connectivity index (χ1v) is 4.95. The van der Waals surface area contributed by atoms with Crippen molar-refractivity contribution in [3.63, 3.8) is 0 Å². The van der Waals surface area contributed by atoms with Gasteiger partial charge in [0.2, 0.25) is 0 Å². The van der Waals surface area contributed by atoms with E-state index < -0.39 is 29.0 Å². The second kappa shape index (κ2) is 4.21. The van der Waals surface area contributed by atoms with Gasteiger partial charge in [0.05, 0.1) is 11.3 Å². The topological polar surface area (TPSA) is 42.2 Å². The zero-order chi connectivity index (χ0) is 13.4. The molecule has 0 fully saturated rings. The van der Waals surface area contributed by atoms with Crippen LogP contribution in [0.2, 0.25) is 0 Å². The summed E-state index contributed by atoms with van der Waals surface area (Å²) in [5, 5.41) is 8.84. The van der Waals surface area contributed by atoms with E-state index >= 15 is 0 Å². The van der Waals surface area contributed by atoms with Gasteiger partial charge in [-0.25, -0.2) is 18.0 Å². The van der Waals surface area contributed by atoms with Crippen LogP contribution in [0.4, 0.5) is 13.2 Å². The van der Waals surface area contributed by atoms with Gasteiger partial charge in [-0.15, -0.1) is 0 Å². The minimum absolute atomic E-state index is 0.0300. The van der Waals surface area contributed by atoms with Crippen LogP contribution in [0.25, 0.3) is 11.3 Å². The smallest absolute Gasteiger partial charge is 0.352 e. The lowest BCUT2D eigenvalue weighted by molar-refractivity contribution is 0.0686. The van der Waals surface area contributed by atoms with E-state index in [1.807, 2.05) is 0 Å². The summed E-state index contributed by atoms with van der Waals surface area (Å²) in [6, 6.07) is 3.58. The van der Waals surface area contributed by atoms with Crippen LogP contribution in [0, 0.1) is 17.5 Å². The number of halogens is 3. The zero-order valence-corrected chi connectivity index (χ0v) is 9.25. The van der Waals surface area contributed by atoms with E-state index in [-0.39, 0.29) is 11.4 Å². The molecule has 94 valence electrons. The standard InChI is InChI=1S/C12H8F3NO2/c1-16-9(2-3-10(16)12(17)18)11-7(14)4-6(13)5-8(11)15/h2-5H,1H3,(H,17,18). The second-order valence-electron chi connectivity index (χ2n) is 3.71. The minimum Gasteiger partial charge on any atom is -0.477 e. The van der Waals surface area contributed by atoms with E-state index in [0.717, 1.165) is 4.57 Å². The van der Waals surface area contributed by atoms with Gasteiger partial charge in [0, 0.05) is 19.2 Å². The van der Waals surface area contributed by atoms with E-state index in [4.69, 9.17) is 5.11 Å². The van der Waals surface area contributed by atoms with Crippen LogP contribution >= 0.6 is 0 Å². The molecule has 0 spiro atoms. The Balaban J connectivity index is 2.67. The summed E-state index contributed by atoms with van der Waals surface area (Å²) in [7, 11) is 1.36. The molecule has 0 aliphatic rings. The molecule has 0 saturated carbocycles. The number of benzene rings is 1. The van der Waals surface area contributed by atoms with Gasteiger partial charge in [-0.2, -0.15) is 0 Å². The lowest BCUT2D eigenvalue weighted by Gasteiger charge is -2.08. The molecule has 0 aliphatic carbocycles. The number of carboxylic acid groups (broad SMARTS) is 1. The second-order valence-corrected chi connectivity index (χ2v) is 3.71. The SMILES string of the molecule is Cn1c(C(=O)O)ccc1-c1c(F)cc(F)cc1F. The van der Waals surface area contributed by atoms with Crippen LogP contribution in [0.3, 0.4) is 0 Å². The summed E-state index contributed by atoms with van der Waals surface area (Å²) >= 11 is 0. The molecule has 6 heteroatoms. The molecular formula is C12H8F3NO2. The molecule has 2 aromatic rings. The van der Waals surface area contributed by atoms with Crippen molar-refractivity contribution in [3.8, 4) is 11.3 Å². The van der Waals surface area contributed by atoms with Crippen molar-refractivity contribution >= 4 is 5.97 Å². The van der Waals surface area contributed by atoms with E-state index in [0.29, 0.717) is 12.1 Å². The van der Waals surface area contributed by atoms with Crippen molar-refractivity contribution < 1.29 is 23.1 Å². The van der Waals surface area contributed by atoms with Gasteiger partial charge < -0.3 is 9.67 Å². The highest BCUT2D eigenvalue weighted by atomic mass is 19.1. The summed E-state index contributed by atoms with van der Waals surface area (Å²) in [4.78, 5) is 10.8. The monoisotopic (exact) mass is 255 g/mol. The number of carbonyl (C=O) groups is 1. The van der Waals surface area contributed by atoms with Crippen molar-refractivity contribution in [2.45, 2.75) is 0 Å². The molecule has 1 heterocycles. The fourth-order valence-electron chi connectivity index (χ4n) is 1.76. The third kappa shape index (κ3) is 1.85. The summed E-state index contributed by atoms with van der Waals surface area (Å²) in [6.45, 7) is 0. The number of hydrogen-bond acceptors (Lipinski definition) is 1. The van der Waals surface area contributed by atoms with Gasteiger partial charge in [-0.05, 0) is 12.1 Å². The van der Waals surface area contributed by atoms with Crippen LogP contribution in [-0.2, 0) is 7.05 Å². The van der Waals surface area contributed by atoms with Gasteiger partial charge in [-0.1, -0.05) is 0 Å². The highest BCUT2D eigenvalue weighted by Gasteiger charge is 2.19. The average molecular weight is 255 g/mol. The van der Waals surface area contributed by atoms with Crippen LogP contribution in [0.1, 0.15) is 10.5 Å². The quantitative estimate of drug-likeness (QED) is 0.896. The normalized spacial score (nSPS) is 10.7. The summed E-state index contributed by atoms with van der Waals surface area (Å²) in [5.74, 6) is -4.40. The maximum atomic E-state index is 13.5. The van der Waals surface area contributed by atoms with Crippen molar-refractivity contribution in [2.24, 2.45) is 7.05 Å². The van der Waals surface area contributed by atoms with Crippen LogP contribution < -0.4 is 0 Å². The Bertz CT molecular complexity index is 611. The number of aromatic nitrogens is 1. The third-order valence-corrected chi connectivity index (χ3v) is 2.60. The Morgan fingerprint density at radius 2 is 1.72 bits per heavy atom. The van der Waals surface area contributed by atoms with Gasteiger partial charge in [0.25, 0.3) is 0 Å². The molecule has 0 aliphatic heterocycles. The maximum absolute atomic E-state index is 13.5. The Kier molecular flexibility index (Phi) is 2.86.